The Kier molecular flexibility index (Phi) is 3.14. The Bertz CT molecular complexity index is 152. The summed E-state index contributed by atoms with van der Waals surface area (Å²) in [5.41, 5.74) is 0. The Balaban J connectivity index is 2.30. The fraction of sp³-hybridized carbons (Fsp3) is 0.400. The van der Waals surface area contributed by atoms with Gasteiger partial charge in [0.2, 0.25) is 0 Å². The Morgan fingerprint density at radius 2 is 2.67 bits per heavy atom. The first-order chi connectivity index (χ1) is 4.43. The molecule has 1 rings (SSSR count). The Hall–Kier alpha value is 0.0400. The molecule has 0 aliphatic heterocycles. The number of nitrogens with one attached hydrogen (secondary N) is 1. The monoisotopic (exact) mass is 206 g/mol. The lowest BCUT2D eigenvalue weighted by Gasteiger charge is -1.89. The van der Waals surface area contributed by atoms with Gasteiger partial charge in [0.15, 0.2) is 5.16 Å². The molecule has 0 aliphatic carbocycles. The second-order valence-electron chi connectivity index (χ2n) is 1.43. The molecule has 0 spiro atoms. The first-order valence-electron chi connectivity index (χ1n) is 2.61. The molecule has 0 amide bonds. The van der Waals surface area contributed by atoms with E-state index in [9.17, 15) is 0 Å². The van der Waals surface area contributed by atoms with Crippen molar-refractivity contribution in [1.82, 2.24) is 9.97 Å². The number of aromatic nitrogens is 2. The van der Waals surface area contributed by atoms with Gasteiger partial charge in [0.25, 0.3) is 0 Å². The predicted molar refractivity (Wildman–Crippen MR) is 43.1 cm³/mol. The molecule has 4 heteroatoms. The van der Waals surface area contributed by atoms with Crippen LogP contribution in [0.15, 0.2) is 17.6 Å². The molecule has 1 aromatic heterocycles. The van der Waals surface area contributed by atoms with Crippen LogP contribution in [0.5, 0.6) is 0 Å². The lowest BCUT2D eigenvalue weighted by atomic mass is 11.0. The molecule has 0 saturated heterocycles. The number of H-pyrrole nitrogens is 1. The molecule has 1 aromatic rings. The quantitative estimate of drug-likeness (QED) is 0.605. The van der Waals surface area contributed by atoms with Gasteiger partial charge in [-0.05, 0) is 0 Å². The Morgan fingerprint density at radius 1 is 1.78 bits per heavy atom. The highest BCUT2D eigenvalue weighted by Crippen LogP contribution is 2.11. The van der Waals surface area contributed by atoms with E-state index in [2.05, 4.69) is 25.9 Å². The standard InChI is InChI=1S/C5H7BrN2S/c6-1-4-9-5-7-2-3-8-5/h2-3H,1,4H2,(H,7,8). The average molecular weight is 207 g/mol. The molecule has 0 saturated carbocycles. The van der Waals surface area contributed by atoms with E-state index < -0.39 is 0 Å². The second-order valence-corrected chi connectivity index (χ2v) is 3.31. The van der Waals surface area contributed by atoms with Crippen molar-refractivity contribution < 1.29 is 0 Å². The van der Waals surface area contributed by atoms with Crippen molar-refractivity contribution >= 4 is 27.7 Å². The molecular formula is C5H7BrN2S. The number of hydrogen-bond donors (Lipinski definition) is 1. The average Bonchev–Trinajstić information content (AvgIpc) is 2.34. The molecule has 2 nitrogen and oxygen atoms in total. The minimum atomic E-state index is 0.995. The van der Waals surface area contributed by atoms with Crippen molar-refractivity contribution in [1.29, 1.82) is 0 Å². The number of thioether (sulfide) groups is 1. The summed E-state index contributed by atoms with van der Waals surface area (Å²) >= 11 is 5.05. The Morgan fingerprint density at radius 3 is 3.22 bits per heavy atom. The summed E-state index contributed by atoms with van der Waals surface area (Å²) in [6.07, 6.45) is 3.59. The van der Waals surface area contributed by atoms with E-state index in [-0.39, 0.29) is 0 Å². The van der Waals surface area contributed by atoms with Crippen LogP contribution in [0.1, 0.15) is 0 Å². The first-order valence-corrected chi connectivity index (χ1v) is 4.72. The van der Waals surface area contributed by atoms with Gasteiger partial charge >= 0.3 is 0 Å². The summed E-state index contributed by atoms with van der Waals surface area (Å²) in [7, 11) is 0. The van der Waals surface area contributed by atoms with Crippen LogP contribution in [0.3, 0.4) is 0 Å². The van der Waals surface area contributed by atoms with E-state index in [4.69, 9.17) is 0 Å². The zero-order valence-corrected chi connectivity index (χ0v) is 7.20. The topological polar surface area (TPSA) is 28.7 Å². The third-order valence-electron chi connectivity index (χ3n) is 0.789. The highest BCUT2D eigenvalue weighted by molar-refractivity contribution is 9.09. The van der Waals surface area contributed by atoms with Crippen LogP contribution in [0.4, 0.5) is 0 Å². The van der Waals surface area contributed by atoms with Gasteiger partial charge < -0.3 is 4.98 Å². The van der Waals surface area contributed by atoms with Gasteiger partial charge in [-0.2, -0.15) is 0 Å². The number of aromatic amines is 1. The fourth-order valence-electron chi connectivity index (χ4n) is 0.465. The van der Waals surface area contributed by atoms with E-state index in [0.717, 1.165) is 16.2 Å². The zero-order chi connectivity index (χ0) is 6.53. The van der Waals surface area contributed by atoms with E-state index in [1.54, 1.807) is 18.0 Å². The van der Waals surface area contributed by atoms with Crippen LogP contribution in [0, 0.1) is 0 Å². The maximum atomic E-state index is 4.04. The second kappa shape index (κ2) is 3.95. The largest absolute Gasteiger partial charge is 0.340 e. The molecule has 0 bridgehead atoms. The lowest BCUT2D eigenvalue weighted by molar-refractivity contribution is 1.06. The predicted octanol–water partition coefficient (Wildman–Crippen LogP) is 1.90. The minimum absolute atomic E-state index is 0.995. The molecular weight excluding hydrogens is 200 g/mol. The summed E-state index contributed by atoms with van der Waals surface area (Å²) < 4.78 is 0. The van der Waals surface area contributed by atoms with Crippen molar-refractivity contribution in [3.05, 3.63) is 12.4 Å². The van der Waals surface area contributed by atoms with E-state index in [0.29, 0.717) is 0 Å². The van der Waals surface area contributed by atoms with Crippen LogP contribution in [0.25, 0.3) is 0 Å². The van der Waals surface area contributed by atoms with E-state index >= 15 is 0 Å². The van der Waals surface area contributed by atoms with Crippen molar-refractivity contribution in [2.75, 3.05) is 11.1 Å². The number of hydrogen-bond acceptors (Lipinski definition) is 2. The summed E-state index contributed by atoms with van der Waals surface area (Å²) in [6, 6.07) is 0. The molecule has 0 atom stereocenters. The van der Waals surface area contributed by atoms with Crippen LogP contribution < -0.4 is 0 Å². The SMILES string of the molecule is BrCCSc1ncc[nH]1. The highest BCUT2D eigenvalue weighted by Gasteiger charge is 1.91. The molecule has 1 N–H and O–H groups in total. The van der Waals surface area contributed by atoms with Crippen LogP contribution in [0.2, 0.25) is 0 Å². The van der Waals surface area contributed by atoms with Gasteiger partial charge in [-0.25, -0.2) is 4.98 Å². The number of halogens is 1. The number of nitrogens with zero attached hydrogens (tertiary/aromatic N) is 1. The molecule has 1 heterocycles. The lowest BCUT2D eigenvalue weighted by Crippen LogP contribution is -1.79. The number of alkyl halides is 1. The summed E-state index contributed by atoms with van der Waals surface area (Å²) in [4.78, 5) is 7.04. The number of rotatable bonds is 3. The highest BCUT2D eigenvalue weighted by atomic mass is 79.9. The van der Waals surface area contributed by atoms with E-state index in [1.807, 2.05) is 6.20 Å². The van der Waals surface area contributed by atoms with Gasteiger partial charge in [-0.1, -0.05) is 27.7 Å². The summed E-state index contributed by atoms with van der Waals surface area (Å²) in [5.74, 6) is 1.06. The summed E-state index contributed by atoms with van der Waals surface area (Å²) in [6.45, 7) is 0. The van der Waals surface area contributed by atoms with Gasteiger partial charge in [0.05, 0.1) is 0 Å². The summed E-state index contributed by atoms with van der Waals surface area (Å²) in [5, 5.41) is 2.01. The molecule has 0 aliphatic rings. The smallest absolute Gasteiger partial charge is 0.165 e. The molecule has 9 heavy (non-hydrogen) atoms. The van der Waals surface area contributed by atoms with Gasteiger partial charge in [-0.3, -0.25) is 0 Å². The number of imidazole rings is 1. The van der Waals surface area contributed by atoms with Crippen LogP contribution >= 0.6 is 27.7 Å². The molecule has 0 radical (unpaired) electrons. The fourth-order valence-corrected chi connectivity index (χ4v) is 1.51. The van der Waals surface area contributed by atoms with Crippen molar-refractivity contribution in [2.45, 2.75) is 5.16 Å². The van der Waals surface area contributed by atoms with E-state index in [1.165, 1.54) is 0 Å². The molecule has 0 fully saturated rings. The van der Waals surface area contributed by atoms with Crippen molar-refractivity contribution in [2.24, 2.45) is 0 Å². The molecule has 0 unspecified atom stereocenters. The van der Waals surface area contributed by atoms with Crippen LogP contribution in [-0.2, 0) is 0 Å². The molecule has 50 valence electrons. The first kappa shape index (κ1) is 7.15. The maximum Gasteiger partial charge on any atom is 0.165 e. The minimum Gasteiger partial charge on any atom is -0.340 e. The third-order valence-corrected chi connectivity index (χ3v) is 2.62. The normalized spacial score (nSPS) is 9.89. The third kappa shape index (κ3) is 2.41. The van der Waals surface area contributed by atoms with Crippen molar-refractivity contribution in [3.63, 3.8) is 0 Å². The maximum absolute atomic E-state index is 4.04. The van der Waals surface area contributed by atoms with Gasteiger partial charge in [-0.15, -0.1) is 0 Å². The van der Waals surface area contributed by atoms with Gasteiger partial charge in [0.1, 0.15) is 0 Å². The Labute approximate surface area is 66.6 Å². The van der Waals surface area contributed by atoms with Gasteiger partial charge in [0, 0.05) is 23.5 Å². The zero-order valence-electron chi connectivity index (χ0n) is 4.80. The molecule has 0 aromatic carbocycles. The van der Waals surface area contributed by atoms with Crippen molar-refractivity contribution in [3.8, 4) is 0 Å². The van der Waals surface area contributed by atoms with Crippen LogP contribution in [-0.4, -0.2) is 21.1 Å².